The zero-order valence-corrected chi connectivity index (χ0v) is 10.4. The number of carbonyl (C=O) groups is 1. The molecule has 5 heteroatoms. The molecule has 0 bridgehead atoms. The number of amidine groups is 1. The minimum atomic E-state index is -0.891. The molecule has 1 rings (SSSR count). The van der Waals surface area contributed by atoms with Crippen molar-refractivity contribution >= 4 is 22.9 Å². The van der Waals surface area contributed by atoms with Crippen LogP contribution in [0.5, 0.6) is 0 Å². The van der Waals surface area contributed by atoms with E-state index in [2.05, 4.69) is 0 Å². The Morgan fingerprint density at radius 3 is 2.41 bits per heavy atom. The lowest BCUT2D eigenvalue weighted by Crippen LogP contribution is -2.03. The molecule has 4 nitrogen and oxygen atoms in total. The second kappa shape index (κ2) is 9.47. The van der Waals surface area contributed by atoms with Crippen molar-refractivity contribution in [2.45, 2.75) is 12.7 Å². The lowest BCUT2D eigenvalue weighted by Gasteiger charge is -1.97. The molecule has 1 aromatic rings. The number of rotatable bonds is 3. The van der Waals surface area contributed by atoms with E-state index in [-0.39, 0.29) is 5.17 Å². The standard InChI is InChI=1S/C8H10N2S.C4H6O2/c9-8(10)11-6-7-4-2-1-3-5-7;1-2-3-4(5)6/h1-5H,6H2,(H3,9,10);2-3H,1H3,(H,5,6)/b;3-2+. The van der Waals surface area contributed by atoms with Crippen molar-refractivity contribution in [3.05, 3.63) is 48.0 Å². The zero-order valence-electron chi connectivity index (χ0n) is 9.59. The Labute approximate surface area is 105 Å². The van der Waals surface area contributed by atoms with E-state index in [0.717, 1.165) is 11.8 Å². The zero-order chi connectivity index (χ0) is 13.1. The Morgan fingerprint density at radius 1 is 1.47 bits per heavy atom. The highest BCUT2D eigenvalue weighted by molar-refractivity contribution is 8.13. The number of carboxylic acids is 1. The Bertz CT molecular complexity index is 377. The summed E-state index contributed by atoms with van der Waals surface area (Å²) < 4.78 is 0. The maximum Gasteiger partial charge on any atom is 0.327 e. The minimum absolute atomic E-state index is 0.175. The number of nitrogens with one attached hydrogen (secondary N) is 1. The van der Waals surface area contributed by atoms with Gasteiger partial charge in [0.25, 0.3) is 0 Å². The van der Waals surface area contributed by atoms with Gasteiger partial charge in [0.2, 0.25) is 0 Å². The van der Waals surface area contributed by atoms with E-state index in [9.17, 15) is 4.79 Å². The summed E-state index contributed by atoms with van der Waals surface area (Å²) in [5.41, 5.74) is 6.39. The molecule has 0 radical (unpaired) electrons. The third-order valence-corrected chi connectivity index (χ3v) is 2.34. The van der Waals surface area contributed by atoms with E-state index >= 15 is 0 Å². The number of allylic oxidation sites excluding steroid dienone is 1. The minimum Gasteiger partial charge on any atom is -0.478 e. The molecule has 92 valence electrons. The van der Waals surface area contributed by atoms with Gasteiger partial charge in [0.05, 0.1) is 0 Å². The lowest BCUT2D eigenvalue weighted by molar-refractivity contribution is -0.131. The van der Waals surface area contributed by atoms with E-state index in [1.165, 1.54) is 23.4 Å². The van der Waals surface area contributed by atoms with Crippen LogP contribution in [0.3, 0.4) is 0 Å². The van der Waals surface area contributed by atoms with Gasteiger partial charge in [-0.3, -0.25) is 5.41 Å². The second-order valence-electron chi connectivity index (χ2n) is 2.98. The largest absolute Gasteiger partial charge is 0.478 e. The average Bonchev–Trinajstić information content (AvgIpc) is 2.28. The quantitative estimate of drug-likeness (QED) is 0.438. The summed E-state index contributed by atoms with van der Waals surface area (Å²) in [5.74, 6) is -0.103. The van der Waals surface area contributed by atoms with E-state index in [1.54, 1.807) is 6.92 Å². The van der Waals surface area contributed by atoms with Gasteiger partial charge in [0.15, 0.2) is 5.17 Å². The molecule has 0 heterocycles. The maximum atomic E-state index is 9.51. The summed E-state index contributed by atoms with van der Waals surface area (Å²) in [7, 11) is 0. The molecule has 0 aliphatic heterocycles. The molecule has 0 aliphatic rings. The number of nitrogens with two attached hydrogens (primary N) is 1. The lowest BCUT2D eigenvalue weighted by atomic mass is 10.2. The predicted molar refractivity (Wildman–Crippen MR) is 72.1 cm³/mol. The van der Waals surface area contributed by atoms with Gasteiger partial charge in [-0.1, -0.05) is 48.2 Å². The molecule has 0 atom stereocenters. The van der Waals surface area contributed by atoms with Gasteiger partial charge < -0.3 is 10.8 Å². The highest BCUT2D eigenvalue weighted by Crippen LogP contribution is 2.09. The summed E-state index contributed by atoms with van der Waals surface area (Å²) in [6, 6.07) is 9.99. The van der Waals surface area contributed by atoms with Crippen LogP contribution in [0.25, 0.3) is 0 Å². The first-order valence-corrected chi connectivity index (χ1v) is 5.91. The Balaban J connectivity index is 0.000000366. The van der Waals surface area contributed by atoms with Gasteiger partial charge in [-0.2, -0.15) is 0 Å². The van der Waals surface area contributed by atoms with Gasteiger partial charge in [0, 0.05) is 11.8 Å². The third kappa shape index (κ3) is 10.5. The van der Waals surface area contributed by atoms with Crippen LogP contribution in [0.15, 0.2) is 42.5 Å². The van der Waals surface area contributed by atoms with Crippen molar-refractivity contribution in [2.24, 2.45) is 5.73 Å². The van der Waals surface area contributed by atoms with E-state index in [4.69, 9.17) is 16.2 Å². The van der Waals surface area contributed by atoms with Crippen LogP contribution in [0.2, 0.25) is 0 Å². The summed E-state index contributed by atoms with van der Waals surface area (Å²) in [4.78, 5) is 9.51. The molecule has 0 amide bonds. The van der Waals surface area contributed by atoms with Crippen molar-refractivity contribution in [3.8, 4) is 0 Å². The Kier molecular flexibility index (Phi) is 8.50. The first-order chi connectivity index (χ1) is 8.06. The summed E-state index contributed by atoms with van der Waals surface area (Å²) in [6.45, 7) is 1.66. The SMILES string of the molecule is C/C=C/C(=O)O.N=C(N)SCc1ccccc1. The van der Waals surface area contributed by atoms with Crippen LogP contribution in [0.1, 0.15) is 12.5 Å². The van der Waals surface area contributed by atoms with Crippen molar-refractivity contribution in [1.82, 2.24) is 0 Å². The van der Waals surface area contributed by atoms with Crippen LogP contribution in [0.4, 0.5) is 0 Å². The fourth-order valence-corrected chi connectivity index (χ4v) is 1.39. The Morgan fingerprint density at radius 2 is 2.06 bits per heavy atom. The molecule has 0 unspecified atom stereocenters. The molecule has 0 spiro atoms. The predicted octanol–water partition coefficient (Wildman–Crippen LogP) is 2.46. The van der Waals surface area contributed by atoms with Crippen molar-refractivity contribution in [3.63, 3.8) is 0 Å². The maximum absolute atomic E-state index is 9.51. The van der Waals surface area contributed by atoms with Crippen LogP contribution in [-0.4, -0.2) is 16.2 Å². The fourth-order valence-electron chi connectivity index (χ4n) is 0.878. The number of benzene rings is 1. The molecule has 0 aromatic heterocycles. The van der Waals surface area contributed by atoms with E-state index < -0.39 is 5.97 Å². The third-order valence-electron chi connectivity index (χ3n) is 1.55. The first-order valence-electron chi connectivity index (χ1n) is 4.92. The smallest absolute Gasteiger partial charge is 0.327 e. The molecule has 1 aromatic carbocycles. The monoisotopic (exact) mass is 252 g/mol. The summed E-state index contributed by atoms with van der Waals surface area (Å²) in [5, 5.41) is 15.0. The van der Waals surface area contributed by atoms with Crippen molar-refractivity contribution < 1.29 is 9.90 Å². The summed E-state index contributed by atoms with van der Waals surface area (Å²) >= 11 is 1.35. The first kappa shape index (κ1) is 15.2. The molecule has 4 N–H and O–H groups in total. The van der Waals surface area contributed by atoms with E-state index in [0.29, 0.717) is 0 Å². The van der Waals surface area contributed by atoms with Crippen LogP contribution < -0.4 is 5.73 Å². The molecule has 17 heavy (non-hydrogen) atoms. The highest BCUT2D eigenvalue weighted by atomic mass is 32.2. The fraction of sp³-hybridized carbons (Fsp3) is 0.167. The normalized spacial score (nSPS) is 9.47. The number of thioether (sulfide) groups is 1. The number of aliphatic carboxylic acids is 1. The number of carboxylic acid groups (broad SMARTS) is 1. The van der Waals surface area contributed by atoms with Gasteiger partial charge in [-0.25, -0.2) is 4.79 Å². The van der Waals surface area contributed by atoms with Gasteiger partial charge in [-0.15, -0.1) is 0 Å². The van der Waals surface area contributed by atoms with Crippen LogP contribution in [0, 0.1) is 5.41 Å². The van der Waals surface area contributed by atoms with Crippen molar-refractivity contribution in [2.75, 3.05) is 0 Å². The number of hydrogen-bond acceptors (Lipinski definition) is 3. The molecule has 0 saturated carbocycles. The van der Waals surface area contributed by atoms with E-state index in [1.807, 2.05) is 30.3 Å². The highest BCUT2D eigenvalue weighted by Gasteiger charge is 1.92. The molecule has 0 fully saturated rings. The van der Waals surface area contributed by atoms with Gasteiger partial charge in [-0.05, 0) is 12.5 Å². The topological polar surface area (TPSA) is 87.2 Å². The molecule has 0 aliphatic carbocycles. The Hall–Kier alpha value is -1.75. The van der Waals surface area contributed by atoms with Crippen molar-refractivity contribution in [1.29, 1.82) is 5.41 Å². The molecular weight excluding hydrogens is 236 g/mol. The number of hydrogen-bond donors (Lipinski definition) is 3. The summed E-state index contributed by atoms with van der Waals surface area (Å²) in [6.07, 6.45) is 2.56. The molecule has 0 saturated heterocycles. The average molecular weight is 252 g/mol. The van der Waals surface area contributed by atoms with Gasteiger partial charge >= 0.3 is 5.97 Å². The van der Waals surface area contributed by atoms with Crippen LogP contribution >= 0.6 is 11.8 Å². The van der Waals surface area contributed by atoms with Crippen LogP contribution in [-0.2, 0) is 10.5 Å². The molecular formula is C12H16N2O2S. The van der Waals surface area contributed by atoms with Gasteiger partial charge in [0.1, 0.15) is 0 Å². The second-order valence-corrected chi connectivity index (χ2v) is 3.99.